The van der Waals surface area contributed by atoms with Crippen molar-refractivity contribution in [3.63, 3.8) is 0 Å². The highest BCUT2D eigenvalue weighted by molar-refractivity contribution is 5.97. The van der Waals surface area contributed by atoms with Crippen molar-refractivity contribution in [3.05, 3.63) is 63.7 Å². The molecule has 0 aliphatic heterocycles. The first-order chi connectivity index (χ1) is 12.3. The normalized spacial score (nSPS) is 10.1. The molecule has 0 heterocycles. The van der Waals surface area contributed by atoms with Crippen LogP contribution in [-0.2, 0) is 9.53 Å². The van der Waals surface area contributed by atoms with Gasteiger partial charge in [0, 0.05) is 25.8 Å². The molecule has 1 amide bonds. The van der Waals surface area contributed by atoms with E-state index in [2.05, 4.69) is 5.32 Å². The lowest BCUT2D eigenvalue weighted by atomic mass is 10.1. The Morgan fingerprint density at radius 1 is 1.19 bits per heavy atom. The van der Waals surface area contributed by atoms with E-state index in [0.717, 1.165) is 5.69 Å². The number of amides is 1. The third kappa shape index (κ3) is 4.56. The van der Waals surface area contributed by atoms with Crippen molar-refractivity contribution in [2.24, 2.45) is 0 Å². The van der Waals surface area contributed by atoms with Crippen molar-refractivity contribution in [1.29, 1.82) is 0 Å². The Morgan fingerprint density at radius 2 is 1.88 bits per heavy atom. The summed E-state index contributed by atoms with van der Waals surface area (Å²) in [4.78, 5) is 36.4. The minimum absolute atomic E-state index is 0.0909. The Balaban J connectivity index is 2.03. The molecule has 0 aliphatic rings. The van der Waals surface area contributed by atoms with Gasteiger partial charge < -0.3 is 15.0 Å². The van der Waals surface area contributed by atoms with Crippen molar-refractivity contribution in [2.75, 3.05) is 30.9 Å². The monoisotopic (exact) mass is 357 g/mol. The summed E-state index contributed by atoms with van der Waals surface area (Å²) < 4.78 is 5.00. The molecule has 0 unspecified atom stereocenters. The van der Waals surface area contributed by atoms with Crippen LogP contribution in [0.4, 0.5) is 17.1 Å². The van der Waals surface area contributed by atoms with Crippen molar-refractivity contribution in [1.82, 2.24) is 0 Å². The summed E-state index contributed by atoms with van der Waals surface area (Å²) in [7, 11) is 3.68. The molecule has 0 saturated carbocycles. The highest BCUT2D eigenvalue weighted by Gasteiger charge is 2.18. The molecule has 1 N–H and O–H groups in total. The van der Waals surface area contributed by atoms with E-state index in [1.54, 1.807) is 31.2 Å². The molecular weight excluding hydrogens is 338 g/mol. The van der Waals surface area contributed by atoms with Gasteiger partial charge in [0.2, 0.25) is 0 Å². The molecule has 26 heavy (non-hydrogen) atoms. The Hall–Kier alpha value is -3.42. The topological polar surface area (TPSA) is 102 Å². The summed E-state index contributed by atoms with van der Waals surface area (Å²) in [5.41, 5.74) is 1.54. The molecule has 0 bridgehead atoms. The number of anilines is 2. The van der Waals surface area contributed by atoms with E-state index < -0.39 is 23.4 Å². The largest absolute Gasteiger partial charge is 0.452 e. The van der Waals surface area contributed by atoms with E-state index in [1.165, 1.54) is 12.1 Å². The van der Waals surface area contributed by atoms with Gasteiger partial charge in [-0.2, -0.15) is 0 Å². The number of rotatable bonds is 6. The van der Waals surface area contributed by atoms with Gasteiger partial charge in [0.05, 0.1) is 10.5 Å². The molecule has 0 saturated heterocycles. The van der Waals surface area contributed by atoms with Crippen LogP contribution in [0.1, 0.15) is 15.9 Å². The maximum Gasteiger partial charge on any atom is 0.338 e. The summed E-state index contributed by atoms with van der Waals surface area (Å²) >= 11 is 0. The molecule has 0 radical (unpaired) electrons. The van der Waals surface area contributed by atoms with E-state index in [9.17, 15) is 19.7 Å². The number of para-hydroxylation sites is 1. The molecule has 2 aromatic rings. The fourth-order valence-electron chi connectivity index (χ4n) is 2.27. The molecule has 0 spiro atoms. The summed E-state index contributed by atoms with van der Waals surface area (Å²) in [6.07, 6.45) is 0. The van der Waals surface area contributed by atoms with E-state index in [4.69, 9.17) is 4.74 Å². The summed E-state index contributed by atoms with van der Waals surface area (Å²) in [5, 5.41) is 13.5. The first-order valence-electron chi connectivity index (χ1n) is 7.78. The first kappa shape index (κ1) is 18.9. The fraction of sp³-hybridized carbons (Fsp3) is 0.222. The molecule has 0 atom stereocenters. The van der Waals surface area contributed by atoms with E-state index >= 15 is 0 Å². The molecule has 2 aromatic carbocycles. The number of ether oxygens (including phenoxy) is 1. The smallest absolute Gasteiger partial charge is 0.338 e. The number of aryl methyl sites for hydroxylation is 1. The number of nitro benzene ring substituents is 1. The molecule has 8 nitrogen and oxygen atoms in total. The molecular formula is C18H19N3O5. The van der Waals surface area contributed by atoms with Crippen LogP contribution in [0.5, 0.6) is 0 Å². The number of esters is 1. The zero-order valence-corrected chi connectivity index (χ0v) is 14.7. The lowest BCUT2D eigenvalue weighted by molar-refractivity contribution is -0.384. The average Bonchev–Trinajstić information content (AvgIpc) is 2.61. The lowest BCUT2D eigenvalue weighted by Gasteiger charge is -2.13. The summed E-state index contributed by atoms with van der Waals surface area (Å²) in [6, 6.07) is 11.2. The van der Waals surface area contributed by atoms with Crippen LogP contribution in [0.25, 0.3) is 0 Å². The first-order valence-corrected chi connectivity index (χ1v) is 7.78. The Kier molecular flexibility index (Phi) is 5.90. The second-order valence-electron chi connectivity index (χ2n) is 5.80. The Bertz CT molecular complexity index is 848. The van der Waals surface area contributed by atoms with Crippen LogP contribution >= 0.6 is 0 Å². The van der Waals surface area contributed by atoms with Crippen LogP contribution in [0.15, 0.2) is 42.5 Å². The number of carbonyl (C=O) groups excluding carboxylic acids is 2. The van der Waals surface area contributed by atoms with Crippen LogP contribution in [0.2, 0.25) is 0 Å². The van der Waals surface area contributed by atoms with Crippen LogP contribution in [0.3, 0.4) is 0 Å². The second-order valence-corrected chi connectivity index (χ2v) is 5.80. The molecule has 0 aliphatic carbocycles. The van der Waals surface area contributed by atoms with Gasteiger partial charge >= 0.3 is 5.97 Å². The predicted molar refractivity (Wildman–Crippen MR) is 97.5 cm³/mol. The quantitative estimate of drug-likeness (QED) is 0.484. The van der Waals surface area contributed by atoms with Gasteiger partial charge in [-0.25, -0.2) is 4.79 Å². The van der Waals surface area contributed by atoms with Crippen LogP contribution in [-0.4, -0.2) is 37.5 Å². The van der Waals surface area contributed by atoms with Gasteiger partial charge in [-0.1, -0.05) is 18.2 Å². The standard InChI is InChI=1S/C18H19N3O5/c1-12-6-4-9-15(21(24)25)17(12)19-16(22)11-26-18(23)13-7-5-8-14(10-13)20(2)3/h4-10H,11H2,1-3H3,(H,19,22). The minimum Gasteiger partial charge on any atom is -0.452 e. The van der Waals surface area contributed by atoms with Crippen molar-refractivity contribution >= 4 is 28.9 Å². The van der Waals surface area contributed by atoms with Gasteiger partial charge in [0.25, 0.3) is 11.6 Å². The van der Waals surface area contributed by atoms with E-state index in [0.29, 0.717) is 11.1 Å². The molecule has 0 fully saturated rings. The number of nitrogens with one attached hydrogen (secondary N) is 1. The molecule has 8 heteroatoms. The van der Waals surface area contributed by atoms with Gasteiger partial charge in [-0.05, 0) is 30.7 Å². The fourth-order valence-corrected chi connectivity index (χ4v) is 2.27. The molecule has 2 rings (SSSR count). The number of benzene rings is 2. The number of hydrogen-bond acceptors (Lipinski definition) is 6. The third-order valence-corrected chi connectivity index (χ3v) is 3.64. The van der Waals surface area contributed by atoms with Crippen LogP contribution in [0, 0.1) is 17.0 Å². The maximum absolute atomic E-state index is 12.1. The predicted octanol–water partition coefficient (Wildman–Crippen LogP) is 2.76. The highest BCUT2D eigenvalue weighted by atomic mass is 16.6. The Morgan fingerprint density at radius 3 is 2.54 bits per heavy atom. The average molecular weight is 357 g/mol. The second kappa shape index (κ2) is 8.11. The van der Waals surface area contributed by atoms with Gasteiger partial charge in [-0.15, -0.1) is 0 Å². The van der Waals surface area contributed by atoms with E-state index in [1.807, 2.05) is 25.1 Å². The number of nitro groups is 1. The highest BCUT2D eigenvalue weighted by Crippen LogP contribution is 2.27. The van der Waals surface area contributed by atoms with Crippen LogP contribution < -0.4 is 10.2 Å². The van der Waals surface area contributed by atoms with Crippen molar-refractivity contribution < 1.29 is 19.2 Å². The van der Waals surface area contributed by atoms with Gasteiger partial charge in [-0.3, -0.25) is 14.9 Å². The maximum atomic E-state index is 12.1. The van der Waals surface area contributed by atoms with E-state index in [-0.39, 0.29) is 11.4 Å². The molecule has 136 valence electrons. The zero-order valence-electron chi connectivity index (χ0n) is 14.7. The van der Waals surface area contributed by atoms with Gasteiger partial charge in [0.15, 0.2) is 6.61 Å². The minimum atomic E-state index is -0.653. The SMILES string of the molecule is Cc1cccc([N+](=O)[O-])c1NC(=O)COC(=O)c1cccc(N(C)C)c1. The van der Waals surface area contributed by atoms with Crippen molar-refractivity contribution in [2.45, 2.75) is 6.92 Å². The lowest BCUT2D eigenvalue weighted by Crippen LogP contribution is -2.22. The Labute approximate surface area is 150 Å². The summed E-state index contributed by atoms with van der Waals surface area (Å²) in [5.74, 6) is -1.30. The van der Waals surface area contributed by atoms with Crippen molar-refractivity contribution in [3.8, 4) is 0 Å². The third-order valence-electron chi connectivity index (χ3n) is 3.64. The van der Waals surface area contributed by atoms with Gasteiger partial charge in [0.1, 0.15) is 5.69 Å². The number of hydrogen-bond donors (Lipinski definition) is 1. The number of nitrogens with zero attached hydrogens (tertiary/aromatic N) is 2. The number of carbonyl (C=O) groups is 2. The molecule has 0 aromatic heterocycles. The zero-order chi connectivity index (χ0) is 19.3. The summed E-state index contributed by atoms with van der Waals surface area (Å²) in [6.45, 7) is 1.10.